The average Bonchev–Trinajstić information content (AvgIpc) is 2.89. The fourth-order valence-corrected chi connectivity index (χ4v) is 1.72. The topological polar surface area (TPSA) is 89.3 Å². The molecule has 2 heterocycles. The number of amides is 1. The molecule has 0 fully saturated rings. The maximum atomic E-state index is 12.0. The van der Waals surface area contributed by atoms with E-state index in [9.17, 15) is 4.79 Å². The van der Waals surface area contributed by atoms with Gasteiger partial charge < -0.3 is 19.9 Å². The van der Waals surface area contributed by atoms with Gasteiger partial charge in [0.05, 0.1) is 0 Å². The van der Waals surface area contributed by atoms with Crippen LogP contribution in [0.1, 0.15) is 22.5 Å². The molecule has 112 valence electrons. The van der Waals surface area contributed by atoms with E-state index < -0.39 is 0 Å². The zero-order valence-corrected chi connectivity index (χ0v) is 12.0. The fraction of sp³-hybridized carbons (Fsp3) is 0.357. The Balaban J connectivity index is 1.95. The predicted molar refractivity (Wildman–Crippen MR) is 77.6 cm³/mol. The van der Waals surface area contributed by atoms with Crippen LogP contribution in [0.5, 0.6) is 0 Å². The number of pyridine rings is 1. The summed E-state index contributed by atoms with van der Waals surface area (Å²) in [7, 11) is 1.63. The van der Waals surface area contributed by atoms with Crippen LogP contribution >= 0.6 is 0 Å². The first kappa shape index (κ1) is 15.0. The number of hydrogen-bond acceptors (Lipinski definition) is 6. The molecule has 0 bridgehead atoms. The van der Waals surface area contributed by atoms with Crippen LogP contribution in [0.25, 0.3) is 0 Å². The van der Waals surface area contributed by atoms with E-state index >= 15 is 0 Å². The third kappa shape index (κ3) is 4.57. The minimum Gasteiger partial charge on any atom is -0.385 e. The highest BCUT2D eigenvalue weighted by Gasteiger charge is 2.07. The third-order valence-corrected chi connectivity index (χ3v) is 2.72. The number of methoxy groups -OCH3 is 1. The highest BCUT2D eigenvalue weighted by molar-refractivity contribution is 5.94. The van der Waals surface area contributed by atoms with Crippen molar-refractivity contribution in [3.63, 3.8) is 0 Å². The van der Waals surface area contributed by atoms with Crippen molar-refractivity contribution in [3.8, 4) is 0 Å². The van der Waals surface area contributed by atoms with Crippen molar-refractivity contribution in [2.75, 3.05) is 25.6 Å². The molecule has 0 aromatic carbocycles. The molecule has 2 aromatic heterocycles. The maximum absolute atomic E-state index is 12.0. The molecule has 2 rings (SSSR count). The molecule has 0 aliphatic heterocycles. The summed E-state index contributed by atoms with van der Waals surface area (Å²) in [4.78, 5) is 16.1. The van der Waals surface area contributed by atoms with Crippen molar-refractivity contribution in [1.29, 1.82) is 0 Å². The lowest BCUT2D eigenvalue weighted by Gasteiger charge is -2.06. The number of aromatic nitrogens is 2. The summed E-state index contributed by atoms with van der Waals surface area (Å²) < 4.78 is 9.89. The summed E-state index contributed by atoms with van der Waals surface area (Å²) in [5.41, 5.74) is 0.533. The quantitative estimate of drug-likeness (QED) is 0.757. The number of carbonyl (C=O) groups excluding carboxylic acids is 1. The maximum Gasteiger partial charge on any atom is 0.251 e. The van der Waals surface area contributed by atoms with Crippen LogP contribution in [0, 0.1) is 6.92 Å². The minimum absolute atomic E-state index is 0.145. The summed E-state index contributed by atoms with van der Waals surface area (Å²) >= 11 is 0. The van der Waals surface area contributed by atoms with Gasteiger partial charge in [-0.3, -0.25) is 4.79 Å². The van der Waals surface area contributed by atoms with Crippen LogP contribution in [0.4, 0.5) is 11.6 Å². The van der Waals surface area contributed by atoms with Gasteiger partial charge in [-0.2, -0.15) is 0 Å². The first-order valence-corrected chi connectivity index (χ1v) is 6.62. The smallest absolute Gasteiger partial charge is 0.251 e. The van der Waals surface area contributed by atoms with Gasteiger partial charge in [-0.15, -0.1) is 0 Å². The third-order valence-electron chi connectivity index (χ3n) is 2.72. The molecule has 0 saturated carbocycles. The van der Waals surface area contributed by atoms with E-state index in [0.29, 0.717) is 36.1 Å². The Morgan fingerprint density at radius 1 is 1.38 bits per heavy atom. The van der Waals surface area contributed by atoms with E-state index in [4.69, 9.17) is 9.26 Å². The lowest BCUT2D eigenvalue weighted by Crippen LogP contribution is -2.25. The summed E-state index contributed by atoms with van der Waals surface area (Å²) in [5, 5.41) is 9.62. The van der Waals surface area contributed by atoms with Gasteiger partial charge in [-0.05, 0) is 25.5 Å². The highest BCUT2D eigenvalue weighted by Crippen LogP contribution is 2.15. The monoisotopic (exact) mass is 290 g/mol. The number of aryl methyl sites for hydroxylation is 1. The molecule has 0 spiro atoms. The van der Waals surface area contributed by atoms with Crippen LogP contribution in [0.3, 0.4) is 0 Å². The Hall–Kier alpha value is -2.41. The minimum atomic E-state index is -0.145. The molecule has 0 aliphatic carbocycles. The van der Waals surface area contributed by atoms with Gasteiger partial charge in [-0.1, -0.05) is 5.16 Å². The molecule has 2 aromatic rings. The van der Waals surface area contributed by atoms with Crippen LogP contribution in [0.15, 0.2) is 28.9 Å². The van der Waals surface area contributed by atoms with Gasteiger partial charge in [0.1, 0.15) is 11.6 Å². The molecule has 21 heavy (non-hydrogen) atoms. The number of nitrogens with one attached hydrogen (secondary N) is 2. The standard InChI is InChI=1S/C14H18N4O3/c1-10-8-13(18-21-10)17-12-9-11(4-6-15-12)14(19)16-5-3-7-20-2/h4,6,8-9H,3,5,7H2,1-2H3,(H,16,19)(H,15,17,18). The van der Waals surface area contributed by atoms with Crippen molar-refractivity contribution in [1.82, 2.24) is 15.5 Å². The Kier molecular flexibility index (Phi) is 5.28. The summed E-state index contributed by atoms with van der Waals surface area (Å²) in [6.07, 6.45) is 2.34. The number of anilines is 2. The van der Waals surface area contributed by atoms with Gasteiger partial charge in [0.25, 0.3) is 5.91 Å². The second-order valence-electron chi connectivity index (χ2n) is 4.48. The van der Waals surface area contributed by atoms with Crippen LogP contribution in [-0.2, 0) is 4.74 Å². The normalized spacial score (nSPS) is 10.4. The van der Waals surface area contributed by atoms with Gasteiger partial charge in [0.15, 0.2) is 5.82 Å². The molecular formula is C14H18N4O3. The lowest BCUT2D eigenvalue weighted by molar-refractivity contribution is 0.0948. The van der Waals surface area contributed by atoms with E-state index in [1.165, 1.54) is 0 Å². The SMILES string of the molecule is COCCCNC(=O)c1ccnc(Nc2cc(C)on2)c1. The van der Waals surface area contributed by atoms with Crippen molar-refractivity contribution in [3.05, 3.63) is 35.7 Å². The summed E-state index contributed by atoms with van der Waals surface area (Å²) in [5.74, 6) is 1.64. The highest BCUT2D eigenvalue weighted by atomic mass is 16.5. The molecule has 0 saturated heterocycles. The van der Waals surface area contributed by atoms with Gasteiger partial charge >= 0.3 is 0 Å². The first-order valence-electron chi connectivity index (χ1n) is 6.62. The lowest BCUT2D eigenvalue weighted by atomic mass is 10.2. The molecule has 7 heteroatoms. The molecule has 0 radical (unpaired) electrons. The van der Waals surface area contributed by atoms with Crippen LogP contribution in [0.2, 0.25) is 0 Å². The number of ether oxygens (including phenoxy) is 1. The number of nitrogens with zero attached hydrogens (tertiary/aromatic N) is 2. The van der Waals surface area contributed by atoms with E-state index in [1.54, 1.807) is 38.4 Å². The Morgan fingerprint density at radius 2 is 2.24 bits per heavy atom. The zero-order valence-electron chi connectivity index (χ0n) is 12.0. The summed E-state index contributed by atoms with van der Waals surface area (Å²) in [6, 6.07) is 5.07. The van der Waals surface area contributed by atoms with Crippen molar-refractivity contribution in [2.24, 2.45) is 0 Å². The summed E-state index contributed by atoms with van der Waals surface area (Å²) in [6.45, 7) is 2.99. The van der Waals surface area contributed by atoms with Gasteiger partial charge in [0.2, 0.25) is 0 Å². The van der Waals surface area contributed by atoms with E-state index in [1.807, 2.05) is 0 Å². The van der Waals surface area contributed by atoms with Crippen molar-refractivity contribution >= 4 is 17.5 Å². The second-order valence-corrected chi connectivity index (χ2v) is 4.48. The largest absolute Gasteiger partial charge is 0.385 e. The van der Waals surface area contributed by atoms with E-state index in [-0.39, 0.29) is 5.91 Å². The first-order chi connectivity index (χ1) is 10.2. The van der Waals surface area contributed by atoms with Gasteiger partial charge in [0, 0.05) is 38.1 Å². The molecule has 0 unspecified atom stereocenters. The number of rotatable bonds is 7. The molecule has 0 atom stereocenters. The molecule has 0 aliphatic rings. The zero-order chi connectivity index (χ0) is 15.1. The average molecular weight is 290 g/mol. The van der Waals surface area contributed by atoms with Crippen molar-refractivity contribution < 1.29 is 14.1 Å². The van der Waals surface area contributed by atoms with Gasteiger partial charge in [-0.25, -0.2) is 4.98 Å². The van der Waals surface area contributed by atoms with Crippen LogP contribution in [-0.4, -0.2) is 36.3 Å². The fourth-order valence-electron chi connectivity index (χ4n) is 1.72. The second kappa shape index (κ2) is 7.39. The Bertz CT molecular complexity index is 597. The Labute approximate surface area is 122 Å². The number of carbonyl (C=O) groups is 1. The predicted octanol–water partition coefficient (Wildman–Crippen LogP) is 1.89. The molecule has 1 amide bonds. The van der Waals surface area contributed by atoms with E-state index in [0.717, 1.165) is 6.42 Å². The Morgan fingerprint density at radius 3 is 2.95 bits per heavy atom. The van der Waals surface area contributed by atoms with Crippen LogP contribution < -0.4 is 10.6 Å². The number of hydrogen-bond donors (Lipinski definition) is 2. The molecule has 7 nitrogen and oxygen atoms in total. The van der Waals surface area contributed by atoms with Crippen molar-refractivity contribution in [2.45, 2.75) is 13.3 Å². The molecular weight excluding hydrogens is 272 g/mol. The van der Waals surface area contributed by atoms with E-state index in [2.05, 4.69) is 20.8 Å². The molecule has 2 N–H and O–H groups in total.